The van der Waals surface area contributed by atoms with Crippen LogP contribution in [0.5, 0.6) is 0 Å². The predicted octanol–water partition coefficient (Wildman–Crippen LogP) is 8.24. The van der Waals surface area contributed by atoms with E-state index in [1.165, 1.54) is 11.1 Å². The molecule has 0 bridgehead atoms. The summed E-state index contributed by atoms with van der Waals surface area (Å²) in [6, 6.07) is 37.9. The van der Waals surface area contributed by atoms with Gasteiger partial charge in [-0.2, -0.15) is 10.5 Å². The largest absolute Gasteiger partial charge is 0.308 e. The minimum atomic E-state index is 0.463. The number of nitriles is 2. The van der Waals surface area contributed by atoms with Gasteiger partial charge < -0.3 is 9.13 Å². The Kier molecular flexibility index (Phi) is 4.67. The average molecular weight is 487 g/mol. The highest BCUT2D eigenvalue weighted by Crippen LogP contribution is 2.38. The van der Waals surface area contributed by atoms with Crippen LogP contribution in [0.3, 0.4) is 0 Å². The van der Waals surface area contributed by atoms with E-state index in [4.69, 9.17) is 0 Å². The number of nitrogens with zero attached hydrogens (tertiary/aromatic N) is 4. The minimum absolute atomic E-state index is 0.463. The van der Waals surface area contributed by atoms with Crippen LogP contribution < -0.4 is 0 Å². The standard InChI is InChI=1S/C34H22N4/c1-21-11-13-31-27(15-21)25-7-3-5-9-29(25)37(31)33-18-34(24(20-36)17-23(33)19-35)38-30-10-6-4-8-26(30)28-16-22(2)12-14-32(28)38/h3-18H,1-2H3. The van der Waals surface area contributed by atoms with Crippen molar-refractivity contribution in [3.63, 3.8) is 0 Å². The lowest BCUT2D eigenvalue weighted by Crippen LogP contribution is -2.04. The number of benzene rings is 5. The summed E-state index contributed by atoms with van der Waals surface area (Å²) in [4.78, 5) is 0. The van der Waals surface area contributed by atoms with Gasteiger partial charge in [-0.1, -0.05) is 59.7 Å². The Morgan fingerprint density at radius 1 is 0.474 bits per heavy atom. The third-order valence-electron chi connectivity index (χ3n) is 7.49. The first-order valence-electron chi connectivity index (χ1n) is 12.6. The Hall–Kier alpha value is -5.32. The second-order valence-electron chi connectivity index (χ2n) is 9.86. The first-order chi connectivity index (χ1) is 18.6. The van der Waals surface area contributed by atoms with Crippen molar-refractivity contribution in [2.45, 2.75) is 13.8 Å². The number of hydrogen-bond acceptors (Lipinski definition) is 2. The number of fused-ring (bicyclic) bond motifs is 6. The van der Waals surface area contributed by atoms with E-state index in [0.717, 1.165) is 55.0 Å². The van der Waals surface area contributed by atoms with Gasteiger partial charge in [-0.25, -0.2) is 0 Å². The molecule has 4 heteroatoms. The van der Waals surface area contributed by atoms with Crippen LogP contribution in [0.4, 0.5) is 0 Å². The van der Waals surface area contributed by atoms with Gasteiger partial charge in [-0.3, -0.25) is 0 Å². The van der Waals surface area contributed by atoms with Crippen molar-refractivity contribution in [2.24, 2.45) is 0 Å². The van der Waals surface area contributed by atoms with E-state index < -0.39 is 0 Å². The topological polar surface area (TPSA) is 57.4 Å². The zero-order valence-electron chi connectivity index (χ0n) is 21.0. The highest BCUT2D eigenvalue weighted by molar-refractivity contribution is 6.11. The zero-order valence-corrected chi connectivity index (χ0v) is 21.0. The Labute approximate surface area is 219 Å². The number of hydrogen-bond donors (Lipinski definition) is 0. The van der Waals surface area contributed by atoms with E-state index >= 15 is 0 Å². The molecule has 0 fully saturated rings. The van der Waals surface area contributed by atoms with Gasteiger partial charge in [0, 0.05) is 21.5 Å². The molecule has 0 N–H and O–H groups in total. The molecule has 38 heavy (non-hydrogen) atoms. The third-order valence-corrected chi connectivity index (χ3v) is 7.49. The molecule has 0 saturated heterocycles. The normalized spacial score (nSPS) is 11.4. The molecular formula is C34H22N4. The fourth-order valence-electron chi connectivity index (χ4n) is 5.82. The van der Waals surface area contributed by atoms with Crippen molar-refractivity contribution in [3.8, 4) is 23.5 Å². The van der Waals surface area contributed by atoms with Crippen molar-refractivity contribution < 1.29 is 0 Å². The summed E-state index contributed by atoms with van der Waals surface area (Å²) in [5, 5.41) is 25.0. The maximum atomic E-state index is 10.2. The Balaban J connectivity index is 1.65. The smallest absolute Gasteiger partial charge is 0.101 e. The van der Waals surface area contributed by atoms with Crippen molar-refractivity contribution in [2.75, 3.05) is 0 Å². The fourth-order valence-corrected chi connectivity index (χ4v) is 5.82. The van der Waals surface area contributed by atoms with E-state index in [0.29, 0.717) is 11.1 Å². The predicted molar refractivity (Wildman–Crippen MR) is 154 cm³/mol. The maximum absolute atomic E-state index is 10.2. The maximum Gasteiger partial charge on any atom is 0.101 e. The summed E-state index contributed by atoms with van der Waals surface area (Å²) in [7, 11) is 0. The van der Waals surface area contributed by atoms with Crippen molar-refractivity contribution >= 4 is 43.6 Å². The van der Waals surface area contributed by atoms with Gasteiger partial charge in [0.1, 0.15) is 12.1 Å². The molecule has 0 spiro atoms. The van der Waals surface area contributed by atoms with Crippen molar-refractivity contribution in [1.82, 2.24) is 9.13 Å². The molecular weight excluding hydrogens is 464 g/mol. The molecule has 4 nitrogen and oxygen atoms in total. The van der Waals surface area contributed by atoms with Crippen LogP contribution in [-0.4, -0.2) is 9.13 Å². The second-order valence-corrected chi connectivity index (χ2v) is 9.86. The van der Waals surface area contributed by atoms with Gasteiger partial charge in [0.2, 0.25) is 0 Å². The van der Waals surface area contributed by atoms with Gasteiger partial charge in [-0.15, -0.1) is 0 Å². The first-order valence-corrected chi connectivity index (χ1v) is 12.6. The van der Waals surface area contributed by atoms with Crippen molar-refractivity contribution in [1.29, 1.82) is 10.5 Å². The number of aromatic nitrogens is 2. The van der Waals surface area contributed by atoms with Crippen LogP contribution in [-0.2, 0) is 0 Å². The van der Waals surface area contributed by atoms with Crippen LogP contribution in [0, 0.1) is 36.5 Å². The summed E-state index contributed by atoms with van der Waals surface area (Å²) in [6.45, 7) is 4.19. The molecule has 0 aliphatic heterocycles. The monoisotopic (exact) mass is 486 g/mol. The second kappa shape index (κ2) is 8.10. The van der Waals surface area contributed by atoms with E-state index in [-0.39, 0.29) is 0 Å². The number of rotatable bonds is 2. The fraction of sp³-hybridized carbons (Fsp3) is 0.0588. The SMILES string of the molecule is Cc1ccc2c(c1)c1ccccc1n2-c1cc(-n2c3ccccc3c3cc(C)ccc32)c(C#N)cc1C#N. The molecule has 2 aromatic heterocycles. The van der Waals surface area contributed by atoms with Gasteiger partial charge >= 0.3 is 0 Å². The Morgan fingerprint density at radius 3 is 1.34 bits per heavy atom. The number of para-hydroxylation sites is 2. The quantitative estimate of drug-likeness (QED) is 0.247. The molecule has 0 saturated carbocycles. The van der Waals surface area contributed by atoms with Gasteiger partial charge in [0.25, 0.3) is 0 Å². The highest BCUT2D eigenvalue weighted by Gasteiger charge is 2.20. The van der Waals surface area contributed by atoms with E-state index in [1.807, 2.05) is 30.3 Å². The van der Waals surface area contributed by atoms with E-state index in [9.17, 15) is 10.5 Å². The number of aryl methyl sites for hydroxylation is 2. The third kappa shape index (κ3) is 3.01. The average Bonchev–Trinajstić information content (AvgIpc) is 3.44. The molecule has 0 aliphatic rings. The van der Waals surface area contributed by atoms with E-state index in [1.54, 1.807) is 6.07 Å². The Bertz CT molecular complexity index is 2020. The Morgan fingerprint density at radius 2 is 0.895 bits per heavy atom. The molecule has 0 aliphatic carbocycles. The summed E-state index contributed by atoms with van der Waals surface area (Å²) < 4.78 is 4.32. The molecule has 2 heterocycles. The zero-order chi connectivity index (χ0) is 26.0. The summed E-state index contributed by atoms with van der Waals surface area (Å²) in [5.74, 6) is 0. The van der Waals surface area contributed by atoms with Crippen LogP contribution in [0.1, 0.15) is 22.3 Å². The van der Waals surface area contributed by atoms with Crippen LogP contribution in [0.2, 0.25) is 0 Å². The molecule has 0 atom stereocenters. The highest BCUT2D eigenvalue weighted by atomic mass is 15.0. The van der Waals surface area contributed by atoms with Crippen LogP contribution >= 0.6 is 0 Å². The lowest BCUT2D eigenvalue weighted by Gasteiger charge is -2.16. The van der Waals surface area contributed by atoms with E-state index in [2.05, 4.69) is 95.8 Å². The summed E-state index contributed by atoms with van der Waals surface area (Å²) >= 11 is 0. The van der Waals surface area contributed by atoms with Gasteiger partial charge in [0.15, 0.2) is 0 Å². The lowest BCUT2D eigenvalue weighted by atomic mass is 10.1. The van der Waals surface area contributed by atoms with Gasteiger partial charge in [-0.05, 0) is 62.4 Å². The molecule has 0 radical (unpaired) electrons. The molecule has 5 aromatic carbocycles. The van der Waals surface area contributed by atoms with Crippen LogP contribution in [0.25, 0.3) is 55.0 Å². The molecule has 178 valence electrons. The van der Waals surface area contributed by atoms with Crippen LogP contribution in [0.15, 0.2) is 97.1 Å². The summed E-state index contributed by atoms with van der Waals surface area (Å²) in [5.41, 5.74) is 8.92. The summed E-state index contributed by atoms with van der Waals surface area (Å²) in [6.07, 6.45) is 0. The molecule has 0 amide bonds. The van der Waals surface area contributed by atoms with Crippen molar-refractivity contribution in [3.05, 3.63) is 119 Å². The minimum Gasteiger partial charge on any atom is -0.308 e. The molecule has 7 aromatic rings. The van der Waals surface area contributed by atoms with Gasteiger partial charge in [0.05, 0.1) is 44.6 Å². The first kappa shape index (κ1) is 21.9. The lowest BCUT2D eigenvalue weighted by molar-refractivity contribution is 1.12. The molecule has 0 unspecified atom stereocenters. The molecule has 7 rings (SSSR count).